The van der Waals surface area contributed by atoms with Crippen LogP contribution in [0.25, 0.3) is 6.08 Å². The summed E-state index contributed by atoms with van der Waals surface area (Å²) in [5.41, 5.74) is 2.81. The number of benzene rings is 2. The summed E-state index contributed by atoms with van der Waals surface area (Å²) in [6, 6.07) is 9.84. The van der Waals surface area contributed by atoms with Crippen molar-refractivity contribution in [3.63, 3.8) is 0 Å². The number of halogens is 3. The Bertz CT molecular complexity index is 860. The Labute approximate surface area is 148 Å². The second-order valence-corrected chi connectivity index (χ2v) is 5.89. The first-order valence-electron chi connectivity index (χ1n) is 8.00. The molecule has 0 aromatic heterocycles. The van der Waals surface area contributed by atoms with Crippen LogP contribution < -0.4 is 15.4 Å². The average Bonchev–Trinajstić information content (AvgIpc) is 2.59. The van der Waals surface area contributed by atoms with E-state index in [-0.39, 0.29) is 12.0 Å². The SMILES string of the molecule is Cc1cc(C=CC(F)(F)F)ccc1C(=O)Nc1ccc2c(c1)OCCN2. The fraction of sp³-hybridized carbons (Fsp3) is 0.211. The van der Waals surface area contributed by atoms with Gasteiger partial charge in [-0.1, -0.05) is 18.2 Å². The lowest BCUT2D eigenvalue weighted by atomic mass is 10.0. The summed E-state index contributed by atoms with van der Waals surface area (Å²) in [6.07, 6.45) is -3.22. The van der Waals surface area contributed by atoms with E-state index >= 15 is 0 Å². The molecule has 0 bridgehead atoms. The molecule has 0 unspecified atom stereocenters. The molecule has 0 radical (unpaired) electrons. The van der Waals surface area contributed by atoms with Gasteiger partial charge in [-0.15, -0.1) is 0 Å². The van der Waals surface area contributed by atoms with Gasteiger partial charge in [0, 0.05) is 29.9 Å². The number of fused-ring (bicyclic) bond motifs is 1. The summed E-state index contributed by atoms with van der Waals surface area (Å²) < 4.78 is 42.3. The molecular weight excluding hydrogens is 345 g/mol. The molecule has 0 fully saturated rings. The second-order valence-electron chi connectivity index (χ2n) is 5.89. The van der Waals surface area contributed by atoms with Crippen molar-refractivity contribution in [1.29, 1.82) is 0 Å². The molecule has 0 atom stereocenters. The van der Waals surface area contributed by atoms with Crippen LogP contribution in [0.5, 0.6) is 5.75 Å². The summed E-state index contributed by atoms with van der Waals surface area (Å²) in [6.45, 7) is 2.96. The van der Waals surface area contributed by atoms with Gasteiger partial charge in [0.15, 0.2) is 0 Å². The molecule has 0 aliphatic carbocycles. The number of allylic oxidation sites excluding steroid dienone is 1. The van der Waals surface area contributed by atoms with Crippen LogP contribution in [0.2, 0.25) is 0 Å². The van der Waals surface area contributed by atoms with Crippen molar-refractivity contribution >= 4 is 23.4 Å². The molecule has 3 rings (SSSR count). The lowest BCUT2D eigenvalue weighted by Gasteiger charge is -2.20. The molecule has 1 aliphatic heterocycles. The van der Waals surface area contributed by atoms with Gasteiger partial charge in [-0.2, -0.15) is 13.2 Å². The normalized spacial score (nSPS) is 13.7. The topological polar surface area (TPSA) is 50.4 Å². The van der Waals surface area contributed by atoms with Crippen LogP contribution in [-0.2, 0) is 0 Å². The highest BCUT2D eigenvalue weighted by Gasteiger charge is 2.21. The number of ether oxygens (including phenoxy) is 1. The third-order valence-corrected chi connectivity index (χ3v) is 3.87. The predicted molar refractivity (Wildman–Crippen MR) is 94.6 cm³/mol. The first-order valence-corrected chi connectivity index (χ1v) is 8.00. The Kier molecular flexibility index (Phi) is 4.88. The maximum absolute atomic E-state index is 12.5. The minimum absolute atomic E-state index is 0.169. The lowest BCUT2D eigenvalue weighted by molar-refractivity contribution is -0.0790. The number of hydrogen-bond acceptors (Lipinski definition) is 3. The molecule has 26 heavy (non-hydrogen) atoms. The Hall–Kier alpha value is -2.96. The van der Waals surface area contributed by atoms with Gasteiger partial charge >= 0.3 is 6.18 Å². The Morgan fingerprint density at radius 2 is 2.04 bits per heavy atom. The number of carbonyl (C=O) groups excluding carboxylic acids is 1. The number of aryl methyl sites for hydroxylation is 1. The zero-order valence-corrected chi connectivity index (χ0v) is 14.0. The average molecular weight is 362 g/mol. The zero-order chi connectivity index (χ0) is 18.7. The van der Waals surface area contributed by atoms with Crippen molar-refractivity contribution in [3.8, 4) is 5.75 Å². The van der Waals surface area contributed by atoms with Gasteiger partial charge in [-0.05, 0) is 36.2 Å². The summed E-state index contributed by atoms with van der Waals surface area (Å²) >= 11 is 0. The number of nitrogens with one attached hydrogen (secondary N) is 2. The van der Waals surface area contributed by atoms with Crippen LogP contribution in [0.4, 0.5) is 24.5 Å². The van der Waals surface area contributed by atoms with Gasteiger partial charge in [0.25, 0.3) is 5.91 Å². The van der Waals surface area contributed by atoms with E-state index in [4.69, 9.17) is 4.74 Å². The van der Waals surface area contributed by atoms with E-state index in [1.54, 1.807) is 19.1 Å². The Balaban J connectivity index is 1.75. The lowest BCUT2D eigenvalue weighted by Crippen LogP contribution is -2.18. The third kappa shape index (κ3) is 4.36. The number of rotatable bonds is 3. The number of hydrogen-bond donors (Lipinski definition) is 2. The quantitative estimate of drug-likeness (QED) is 0.837. The molecule has 4 nitrogen and oxygen atoms in total. The van der Waals surface area contributed by atoms with Crippen molar-refractivity contribution in [1.82, 2.24) is 0 Å². The molecular formula is C19H17F3N2O2. The van der Waals surface area contributed by atoms with Crippen LogP contribution in [0, 0.1) is 6.92 Å². The molecule has 1 amide bonds. The Morgan fingerprint density at radius 1 is 1.23 bits per heavy atom. The molecule has 0 saturated carbocycles. The van der Waals surface area contributed by atoms with E-state index < -0.39 is 6.18 Å². The van der Waals surface area contributed by atoms with Crippen LogP contribution in [0.3, 0.4) is 0 Å². The molecule has 0 saturated heterocycles. The highest BCUT2D eigenvalue weighted by Crippen LogP contribution is 2.30. The van der Waals surface area contributed by atoms with Crippen LogP contribution >= 0.6 is 0 Å². The van der Waals surface area contributed by atoms with Crippen molar-refractivity contribution in [2.75, 3.05) is 23.8 Å². The van der Waals surface area contributed by atoms with Gasteiger partial charge in [-0.3, -0.25) is 4.79 Å². The highest BCUT2D eigenvalue weighted by atomic mass is 19.4. The number of anilines is 2. The van der Waals surface area contributed by atoms with E-state index in [9.17, 15) is 18.0 Å². The zero-order valence-electron chi connectivity index (χ0n) is 14.0. The maximum Gasteiger partial charge on any atom is 0.409 e. The predicted octanol–water partition coefficient (Wildman–Crippen LogP) is 4.63. The van der Waals surface area contributed by atoms with Gasteiger partial charge in [0.05, 0.1) is 5.69 Å². The number of carbonyl (C=O) groups is 1. The minimum Gasteiger partial charge on any atom is -0.490 e. The first-order chi connectivity index (χ1) is 12.3. The smallest absolute Gasteiger partial charge is 0.409 e. The Morgan fingerprint density at radius 3 is 2.77 bits per heavy atom. The highest BCUT2D eigenvalue weighted by molar-refractivity contribution is 6.05. The molecule has 7 heteroatoms. The summed E-state index contributed by atoms with van der Waals surface area (Å²) in [7, 11) is 0. The molecule has 1 heterocycles. The van der Waals surface area contributed by atoms with E-state index in [1.807, 2.05) is 6.07 Å². The van der Waals surface area contributed by atoms with Crippen molar-refractivity contribution in [2.45, 2.75) is 13.1 Å². The standard InChI is InChI=1S/C19H17F3N2O2/c1-12-10-13(6-7-19(20,21)22)2-4-15(12)18(25)24-14-3-5-16-17(11-14)26-9-8-23-16/h2-7,10-11,23H,8-9H2,1H3,(H,24,25). The fourth-order valence-corrected chi connectivity index (χ4v) is 2.65. The first kappa shape index (κ1) is 17.8. The van der Waals surface area contributed by atoms with Crippen LogP contribution in [-0.4, -0.2) is 25.2 Å². The van der Waals surface area contributed by atoms with Crippen molar-refractivity contribution < 1.29 is 22.7 Å². The summed E-state index contributed by atoms with van der Waals surface area (Å²) in [5.74, 6) is 0.330. The van der Waals surface area contributed by atoms with Crippen molar-refractivity contribution in [3.05, 3.63) is 59.2 Å². The van der Waals surface area contributed by atoms with Gasteiger partial charge < -0.3 is 15.4 Å². The monoisotopic (exact) mass is 362 g/mol. The largest absolute Gasteiger partial charge is 0.490 e. The summed E-state index contributed by atoms with van der Waals surface area (Å²) in [4.78, 5) is 12.5. The van der Waals surface area contributed by atoms with Gasteiger partial charge in [-0.25, -0.2) is 0 Å². The van der Waals surface area contributed by atoms with Crippen LogP contribution in [0.1, 0.15) is 21.5 Å². The number of alkyl halides is 3. The van der Waals surface area contributed by atoms with E-state index in [2.05, 4.69) is 10.6 Å². The van der Waals surface area contributed by atoms with Crippen molar-refractivity contribution in [2.24, 2.45) is 0 Å². The van der Waals surface area contributed by atoms with Gasteiger partial charge in [0.1, 0.15) is 12.4 Å². The molecule has 0 spiro atoms. The summed E-state index contributed by atoms with van der Waals surface area (Å²) in [5, 5.41) is 5.97. The molecule has 1 aliphatic rings. The molecule has 2 aromatic rings. The molecule has 2 aromatic carbocycles. The third-order valence-electron chi connectivity index (χ3n) is 3.87. The molecule has 2 N–H and O–H groups in total. The number of amides is 1. The van der Waals surface area contributed by atoms with Gasteiger partial charge in [0.2, 0.25) is 0 Å². The van der Waals surface area contributed by atoms with E-state index in [0.29, 0.717) is 34.7 Å². The van der Waals surface area contributed by atoms with E-state index in [0.717, 1.165) is 18.3 Å². The minimum atomic E-state index is -4.37. The van der Waals surface area contributed by atoms with Crippen LogP contribution in [0.15, 0.2) is 42.5 Å². The van der Waals surface area contributed by atoms with E-state index in [1.165, 1.54) is 18.2 Å². The molecule has 136 valence electrons. The maximum atomic E-state index is 12.5. The fourth-order valence-electron chi connectivity index (χ4n) is 2.65. The second kappa shape index (κ2) is 7.11.